The minimum Gasteiger partial charge on any atom is -0.342 e. The first-order valence-corrected chi connectivity index (χ1v) is 12.6. The van der Waals surface area contributed by atoms with Crippen molar-refractivity contribution < 1.29 is 0 Å². The van der Waals surface area contributed by atoms with Crippen LogP contribution in [0, 0.1) is 0 Å². The van der Waals surface area contributed by atoms with Crippen molar-refractivity contribution >= 4 is 67.2 Å². The van der Waals surface area contributed by atoms with E-state index in [9.17, 15) is 4.79 Å². The summed E-state index contributed by atoms with van der Waals surface area (Å²) in [6, 6.07) is 19.1. The van der Waals surface area contributed by atoms with Crippen LogP contribution in [0.2, 0.25) is 10.0 Å². The molecule has 5 rings (SSSR count). The summed E-state index contributed by atoms with van der Waals surface area (Å²) in [5, 5.41) is 7.38. The van der Waals surface area contributed by atoms with Crippen molar-refractivity contribution in [2.75, 3.05) is 0 Å². The third-order valence-corrected chi connectivity index (χ3v) is 6.92. The van der Waals surface area contributed by atoms with Crippen LogP contribution in [0.1, 0.15) is 36.7 Å². The molecule has 3 aromatic carbocycles. The molecule has 0 aliphatic heterocycles. The molecule has 2 heterocycles. The van der Waals surface area contributed by atoms with E-state index in [2.05, 4.69) is 31.7 Å². The summed E-state index contributed by atoms with van der Waals surface area (Å²) in [4.78, 5) is 18.1. The number of rotatable bonds is 5. The average Bonchev–Trinajstić information content (AvgIpc) is 3.18. The minimum absolute atomic E-state index is 0.0151. The van der Waals surface area contributed by atoms with Gasteiger partial charge >= 0.3 is 0 Å². The normalized spacial score (nSPS) is 11.9. The van der Waals surface area contributed by atoms with Gasteiger partial charge in [0.25, 0.3) is 5.56 Å². The van der Waals surface area contributed by atoms with Crippen LogP contribution in [0.25, 0.3) is 21.8 Å². The molecule has 0 radical (unpaired) electrons. The fraction of sp³-hybridized carbons (Fsp3) is 0.148. The molecule has 0 unspecified atom stereocenters. The SMILES string of the molecule is CC(C)c1nc2ccc(Br)cc2c(=O)n1N=Cc1cn(Cc2ccc(Cl)cc2Cl)c2ccccc12. The van der Waals surface area contributed by atoms with Gasteiger partial charge in [0, 0.05) is 49.6 Å². The van der Waals surface area contributed by atoms with Crippen LogP contribution in [0.4, 0.5) is 0 Å². The Morgan fingerprint density at radius 2 is 1.86 bits per heavy atom. The summed E-state index contributed by atoms with van der Waals surface area (Å²) >= 11 is 15.9. The van der Waals surface area contributed by atoms with Crippen LogP contribution in [0.15, 0.2) is 81.2 Å². The summed E-state index contributed by atoms with van der Waals surface area (Å²) in [7, 11) is 0. The fourth-order valence-corrected chi connectivity index (χ4v) is 4.94. The third kappa shape index (κ3) is 4.66. The van der Waals surface area contributed by atoms with Crippen molar-refractivity contribution in [1.29, 1.82) is 0 Å². The lowest BCUT2D eigenvalue weighted by atomic mass is 10.2. The lowest BCUT2D eigenvalue weighted by Gasteiger charge is -2.11. The molecule has 2 aromatic heterocycles. The van der Waals surface area contributed by atoms with Gasteiger partial charge in [0.15, 0.2) is 0 Å². The van der Waals surface area contributed by atoms with E-state index in [4.69, 9.17) is 28.2 Å². The molecule has 0 spiro atoms. The number of aromatic nitrogens is 3. The van der Waals surface area contributed by atoms with E-state index in [1.165, 1.54) is 4.68 Å². The Labute approximate surface area is 220 Å². The van der Waals surface area contributed by atoms with Crippen LogP contribution in [-0.4, -0.2) is 20.4 Å². The number of hydrogen-bond donors (Lipinski definition) is 0. The lowest BCUT2D eigenvalue weighted by Crippen LogP contribution is -2.23. The minimum atomic E-state index is -0.201. The first-order chi connectivity index (χ1) is 16.8. The number of benzene rings is 3. The monoisotopic (exact) mass is 566 g/mol. The maximum absolute atomic E-state index is 13.4. The largest absolute Gasteiger partial charge is 0.342 e. The van der Waals surface area contributed by atoms with Crippen molar-refractivity contribution in [2.24, 2.45) is 5.10 Å². The molecule has 5 nitrogen and oxygen atoms in total. The molecule has 176 valence electrons. The van der Waals surface area contributed by atoms with E-state index in [1.807, 2.05) is 62.5 Å². The second-order valence-corrected chi connectivity index (χ2v) is 10.4. The zero-order valence-electron chi connectivity index (χ0n) is 19.0. The number of halogens is 3. The highest BCUT2D eigenvalue weighted by Crippen LogP contribution is 2.26. The maximum atomic E-state index is 13.4. The quantitative estimate of drug-likeness (QED) is 0.207. The molecule has 0 atom stereocenters. The second kappa shape index (κ2) is 9.61. The van der Waals surface area contributed by atoms with E-state index in [1.54, 1.807) is 18.3 Å². The van der Waals surface area contributed by atoms with Gasteiger partial charge in [-0.15, -0.1) is 0 Å². The predicted octanol–water partition coefficient (Wildman–Crippen LogP) is 7.47. The van der Waals surface area contributed by atoms with Crippen molar-refractivity contribution in [2.45, 2.75) is 26.3 Å². The molecule has 0 bridgehead atoms. The zero-order valence-corrected chi connectivity index (χ0v) is 22.1. The van der Waals surface area contributed by atoms with Crippen molar-refractivity contribution in [3.8, 4) is 0 Å². The molecule has 5 aromatic rings. The molecular weight excluding hydrogens is 547 g/mol. The molecule has 0 saturated heterocycles. The van der Waals surface area contributed by atoms with Gasteiger partial charge in [0.05, 0.1) is 17.1 Å². The zero-order chi connectivity index (χ0) is 24.7. The molecule has 0 aliphatic rings. The van der Waals surface area contributed by atoms with Gasteiger partial charge in [-0.05, 0) is 42.0 Å². The summed E-state index contributed by atoms with van der Waals surface area (Å²) in [5.74, 6) is 0.624. The van der Waals surface area contributed by atoms with Gasteiger partial charge in [-0.1, -0.05) is 77.2 Å². The average molecular weight is 568 g/mol. The van der Waals surface area contributed by atoms with Crippen LogP contribution in [0.5, 0.6) is 0 Å². The highest BCUT2D eigenvalue weighted by molar-refractivity contribution is 9.10. The Hall–Kier alpha value is -2.93. The highest BCUT2D eigenvalue weighted by atomic mass is 79.9. The molecular formula is C27H21BrCl2N4O. The molecule has 0 aliphatic carbocycles. The number of nitrogens with zero attached hydrogens (tertiary/aromatic N) is 4. The van der Waals surface area contributed by atoms with Gasteiger partial charge in [0.1, 0.15) is 5.82 Å². The molecule has 0 N–H and O–H groups in total. The van der Waals surface area contributed by atoms with Gasteiger partial charge in [-0.3, -0.25) is 4.79 Å². The topological polar surface area (TPSA) is 52.2 Å². The van der Waals surface area contributed by atoms with Crippen LogP contribution >= 0.6 is 39.1 Å². The summed E-state index contributed by atoms with van der Waals surface area (Å²) in [5.41, 5.74) is 3.35. The first kappa shape index (κ1) is 23.8. The smallest absolute Gasteiger partial charge is 0.282 e. The number of hydrogen-bond acceptors (Lipinski definition) is 3. The van der Waals surface area contributed by atoms with Gasteiger partial charge < -0.3 is 4.57 Å². The standard InChI is InChI=1S/C27H21BrCl2N4O/c1-16(2)26-32-24-10-8-19(28)11-22(24)27(35)34(26)31-13-18-15-33(25-6-4-3-5-21(18)25)14-17-7-9-20(29)12-23(17)30/h3-13,15-16H,14H2,1-2H3. The summed E-state index contributed by atoms with van der Waals surface area (Å²) in [6.07, 6.45) is 3.74. The van der Waals surface area contributed by atoms with Gasteiger partial charge in [-0.2, -0.15) is 9.78 Å². The van der Waals surface area contributed by atoms with Gasteiger partial charge in [0.2, 0.25) is 0 Å². The van der Waals surface area contributed by atoms with E-state index in [0.29, 0.717) is 33.3 Å². The lowest BCUT2D eigenvalue weighted by molar-refractivity contribution is 0.665. The van der Waals surface area contributed by atoms with Crippen LogP contribution in [-0.2, 0) is 6.54 Å². The highest BCUT2D eigenvalue weighted by Gasteiger charge is 2.15. The van der Waals surface area contributed by atoms with E-state index in [-0.39, 0.29) is 11.5 Å². The third-order valence-electron chi connectivity index (χ3n) is 5.84. The molecule has 35 heavy (non-hydrogen) atoms. The Morgan fingerprint density at radius 1 is 1.06 bits per heavy atom. The summed E-state index contributed by atoms with van der Waals surface area (Å²) in [6.45, 7) is 4.58. The number of fused-ring (bicyclic) bond motifs is 2. The fourth-order valence-electron chi connectivity index (χ4n) is 4.11. The molecule has 8 heteroatoms. The molecule has 0 fully saturated rings. The maximum Gasteiger partial charge on any atom is 0.282 e. The van der Waals surface area contributed by atoms with Crippen LogP contribution < -0.4 is 5.56 Å². The molecule has 0 amide bonds. The second-order valence-electron chi connectivity index (χ2n) is 8.61. The van der Waals surface area contributed by atoms with Crippen LogP contribution in [0.3, 0.4) is 0 Å². The van der Waals surface area contributed by atoms with Crippen molar-refractivity contribution in [1.82, 2.24) is 14.2 Å². The van der Waals surface area contributed by atoms with Gasteiger partial charge in [-0.25, -0.2) is 4.98 Å². The number of para-hydroxylation sites is 1. The van der Waals surface area contributed by atoms with E-state index < -0.39 is 0 Å². The Morgan fingerprint density at radius 3 is 2.63 bits per heavy atom. The Balaban J connectivity index is 1.62. The predicted molar refractivity (Wildman–Crippen MR) is 148 cm³/mol. The van der Waals surface area contributed by atoms with Crippen molar-refractivity contribution in [3.05, 3.63) is 109 Å². The van der Waals surface area contributed by atoms with Crippen molar-refractivity contribution in [3.63, 3.8) is 0 Å². The molecule has 0 saturated carbocycles. The first-order valence-electron chi connectivity index (χ1n) is 11.1. The Bertz CT molecular complexity index is 1670. The van der Waals surface area contributed by atoms with E-state index >= 15 is 0 Å². The Kier molecular flexibility index (Phi) is 6.53. The summed E-state index contributed by atoms with van der Waals surface area (Å²) < 4.78 is 4.34. The van der Waals surface area contributed by atoms with E-state index in [0.717, 1.165) is 26.5 Å².